The van der Waals surface area contributed by atoms with Crippen LogP contribution in [-0.4, -0.2) is 17.2 Å². The second-order valence-electron chi connectivity index (χ2n) is 8.75. The molecular formula is C22H27NO3. The number of fused-ring (bicyclic) bond motifs is 3. The van der Waals surface area contributed by atoms with Gasteiger partial charge in [-0.25, -0.2) is 4.79 Å². The fourth-order valence-electron chi connectivity index (χ4n) is 3.14. The van der Waals surface area contributed by atoms with Gasteiger partial charge >= 0.3 is 5.63 Å². The number of rotatable bonds is 4. The van der Waals surface area contributed by atoms with Crippen LogP contribution in [0, 0.1) is 12.3 Å². The van der Waals surface area contributed by atoms with E-state index in [4.69, 9.17) is 14.1 Å². The van der Waals surface area contributed by atoms with E-state index in [1.54, 1.807) is 6.20 Å². The first kappa shape index (κ1) is 18.6. The number of ether oxygens (including phenoxy) is 1. The second-order valence-corrected chi connectivity index (χ2v) is 8.75. The minimum absolute atomic E-state index is 0.0875. The van der Waals surface area contributed by atoms with Gasteiger partial charge in [-0.1, -0.05) is 32.0 Å². The van der Waals surface area contributed by atoms with Crippen molar-refractivity contribution >= 4 is 21.7 Å². The highest BCUT2D eigenvalue weighted by Gasteiger charge is 2.25. The molecule has 4 heteroatoms. The zero-order valence-electron chi connectivity index (χ0n) is 16.5. The van der Waals surface area contributed by atoms with Crippen molar-refractivity contribution in [2.45, 2.75) is 53.6 Å². The summed E-state index contributed by atoms with van der Waals surface area (Å²) in [6, 6.07) is 7.58. The molecule has 0 spiro atoms. The molecule has 1 aromatic carbocycles. The first-order valence-corrected chi connectivity index (χ1v) is 9.01. The molecule has 0 bridgehead atoms. The Balaban J connectivity index is 2.03. The molecule has 0 aliphatic rings. The molecule has 0 saturated carbocycles. The van der Waals surface area contributed by atoms with E-state index in [9.17, 15) is 4.79 Å². The third-order valence-corrected chi connectivity index (χ3v) is 4.55. The molecule has 0 unspecified atom stereocenters. The molecule has 0 atom stereocenters. The van der Waals surface area contributed by atoms with Crippen LogP contribution in [0.5, 0.6) is 0 Å². The topological polar surface area (TPSA) is 52.3 Å². The Labute approximate surface area is 154 Å². The molecule has 26 heavy (non-hydrogen) atoms. The zero-order chi connectivity index (χ0) is 19.1. The molecule has 0 amide bonds. The van der Waals surface area contributed by atoms with Gasteiger partial charge in [-0.3, -0.25) is 4.98 Å². The van der Waals surface area contributed by atoms with Gasteiger partial charge < -0.3 is 9.15 Å². The largest absolute Gasteiger partial charge is 0.422 e. The minimum atomic E-state index is -0.302. The van der Waals surface area contributed by atoms with Crippen LogP contribution in [0.25, 0.3) is 21.7 Å². The maximum atomic E-state index is 12.6. The fraction of sp³-hybridized carbons (Fsp3) is 0.455. The number of pyridine rings is 1. The maximum absolute atomic E-state index is 12.6. The summed E-state index contributed by atoms with van der Waals surface area (Å²) < 4.78 is 11.5. The lowest BCUT2D eigenvalue weighted by Crippen LogP contribution is -2.30. The summed E-state index contributed by atoms with van der Waals surface area (Å²) in [5.74, 6) is 0. The molecule has 0 saturated heterocycles. The van der Waals surface area contributed by atoms with E-state index in [0.717, 1.165) is 28.5 Å². The van der Waals surface area contributed by atoms with Crippen molar-refractivity contribution in [2.24, 2.45) is 5.41 Å². The van der Waals surface area contributed by atoms with Crippen molar-refractivity contribution in [3.05, 3.63) is 52.1 Å². The SMILES string of the molecule is Cc1c(CC(C)(C)COC(C)(C)C)ncc2c1c(=O)oc1ccccc12. The third-order valence-electron chi connectivity index (χ3n) is 4.55. The van der Waals surface area contributed by atoms with Gasteiger partial charge in [0.2, 0.25) is 0 Å². The van der Waals surface area contributed by atoms with Gasteiger partial charge in [-0.15, -0.1) is 0 Å². The highest BCUT2D eigenvalue weighted by atomic mass is 16.5. The monoisotopic (exact) mass is 353 g/mol. The lowest BCUT2D eigenvalue weighted by molar-refractivity contribution is -0.0429. The van der Waals surface area contributed by atoms with E-state index in [1.165, 1.54) is 0 Å². The average Bonchev–Trinajstić information content (AvgIpc) is 2.55. The van der Waals surface area contributed by atoms with Crippen molar-refractivity contribution in [3.63, 3.8) is 0 Å². The predicted molar refractivity (Wildman–Crippen MR) is 106 cm³/mol. The van der Waals surface area contributed by atoms with Gasteiger partial charge in [0.05, 0.1) is 17.6 Å². The molecule has 3 rings (SSSR count). The molecule has 0 fully saturated rings. The summed E-state index contributed by atoms with van der Waals surface area (Å²) in [6.45, 7) is 13.1. The molecule has 2 heterocycles. The number of para-hydroxylation sites is 1. The number of benzene rings is 1. The van der Waals surface area contributed by atoms with Crippen LogP contribution in [0.1, 0.15) is 45.9 Å². The summed E-state index contributed by atoms with van der Waals surface area (Å²) >= 11 is 0. The van der Waals surface area contributed by atoms with E-state index in [2.05, 4.69) is 34.6 Å². The van der Waals surface area contributed by atoms with Crippen molar-refractivity contribution in [1.29, 1.82) is 0 Å². The Morgan fingerprint density at radius 3 is 2.46 bits per heavy atom. The fourth-order valence-corrected chi connectivity index (χ4v) is 3.14. The zero-order valence-corrected chi connectivity index (χ0v) is 16.5. The first-order valence-electron chi connectivity index (χ1n) is 9.01. The average molecular weight is 353 g/mol. The molecular weight excluding hydrogens is 326 g/mol. The lowest BCUT2D eigenvalue weighted by atomic mass is 9.86. The van der Waals surface area contributed by atoms with E-state index in [-0.39, 0.29) is 16.6 Å². The van der Waals surface area contributed by atoms with Crippen LogP contribution in [0.3, 0.4) is 0 Å². The number of nitrogens with zero attached hydrogens (tertiary/aromatic N) is 1. The molecule has 0 aliphatic heterocycles. The van der Waals surface area contributed by atoms with Gasteiger partial charge in [-0.05, 0) is 51.2 Å². The Morgan fingerprint density at radius 2 is 1.77 bits per heavy atom. The summed E-state index contributed by atoms with van der Waals surface area (Å²) in [6.07, 6.45) is 2.54. The summed E-state index contributed by atoms with van der Waals surface area (Å²) in [7, 11) is 0. The van der Waals surface area contributed by atoms with Crippen LogP contribution >= 0.6 is 0 Å². The van der Waals surface area contributed by atoms with Crippen LogP contribution < -0.4 is 5.63 Å². The Hall–Kier alpha value is -2.20. The standard InChI is InChI=1S/C22H27NO3/c1-14-17(11-22(5,6)13-25-21(2,3)4)23-12-16-15-9-7-8-10-18(15)26-20(24)19(14)16/h7-10,12H,11,13H2,1-6H3. The molecule has 0 radical (unpaired) electrons. The van der Waals surface area contributed by atoms with E-state index in [0.29, 0.717) is 17.6 Å². The number of hydrogen-bond donors (Lipinski definition) is 0. The van der Waals surface area contributed by atoms with Gasteiger partial charge in [0, 0.05) is 22.7 Å². The predicted octanol–water partition coefficient (Wildman–Crippen LogP) is 5.03. The molecule has 0 N–H and O–H groups in total. The highest BCUT2D eigenvalue weighted by molar-refractivity contribution is 6.04. The van der Waals surface area contributed by atoms with E-state index in [1.807, 2.05) is 31.2 Å². The molecule has 2 aromatic heterocycles. The number of aromatic nitrogens is 1. The molecule has 4 nitrogen and oxygen atoms in total. The van der Waals surface area contributed by atoms with E-state index < -0.39 is 0 Å². The van der Waals surface area contributed by atoms with Crippen molar-refractivity contribution in [2.75, 3.05) is 6.61 Å². The summed E-state index contributed by atoms with van der Waals surface area (Å²) in [4.78, 5) is 17.3. The van der Waals surface area contributed by atoms with Crippen molar-refractivity contribution in [3.8, 4) is 0 Å². The normalized spacial score (nSPS) is 12.8. The summed E-state index contributed by atoms with van der Waals surface area (Å²) in [5.41, 5.74) is 1.84. The van der Waals surface area contributed by atoms with Gasteiger partial charge in [0.15, 0.2) is 0 Å². The molecule has 138 valence electrons. The third kappa shape index (κ3) is 3.80. The Kier molecular flexibility index (Phi) is 4.65. The maximum Gasteiger partial charge on any atom is 0.344 e. The Bertz CT molecular complexity index is 1010. The number of aryl methyl sites for hydroxylation is 1. The van der Waals surface area contributed by atoms with Crippen molar-refractivity contribution in [1.82, 2.24) is 4.98 Å². The smallest absolute Gasteiger partial charge is 0.344 e. The van der Waals surface area contributed by atoms with Gasteiger partial charge in [0.25, 0.3) is 0 Å². The lowest BCUT2D eigenvalue weighted by Gasteiger charge is -2.30. The second kappa shape index (κ2) is 6.51. The number of hydrogen-bond acceptors (Lipinski definition) is 4. The van der Waals surface area contributed by atoms with Crippen LogP contribution in [0.15, 0.2) is 39.7 Å². The molecule has 0 aliphatic carbocycles. The van der Waals surface area contributed by atoms with Crippen LogP contribution in [0.2, 0.25) is 0 Å². The van der Waals surface area contributed by atoms with E-state index >= 15 is 0 Å². The van der Waals surface area contributed by atoms with Gasteiger partial charge in [-0.2, -0.15) is 0 Å². The van der Waals surface area contributed by atoms with Crippen LogP contribution in [0.4, 0.5) is 0 Å². The first-order chi connectivity index (χ1) is 12.1. The highest BCUT2D eigenvalue weighted by Crippen LogP contribution is 2.29. The van der Waals surface area contributed by atoms with Crippen molar-refractivity contribution < 1.29 is 9.15 Å². The Morgan fingerprint density at radius 1 is 1.08 bits per heavy atom. The molecule has 3 aromatic rings. The van der Waals surface area contributed by atoms with Gasteiger partial charge in [0.1, 0.15) is 5.58 Å². The minimum Gasteiger partial charge on any atom is -0.422 e. The quantitative estimate of drug-likeness (QED) is 0.487. The summed E-state index contributed by atoms with van der Waals surface area (Å²) in [5, 5.41) is 2.39. The van der Waals surface area contributed by atoms with Crippen LogP contribution in [-0.2, 0) is 11.2 Å².